The molecule has 0 bridgehead atoms. The van der Waals surface area contributed by atoms with Crippen molar-refractivity contribution in [1.29, 1.82) is 0 Å². The lowest BCUT2D eigenvalue weighted by molar-refractivity contribution is -0.144. The monoisotopic (exact) mass is 298 g/mol. The van der Waals surface area contributed by atoms with Gasteiger partial charge >= 0.3 is 0 Å². The molecule has 1 heterocycles. The minimum atomic E-state index is -0.487. The number of carbonyl (C=O) groups is 1. The molecule has 1 saturated heterocycles. The van der Waals surface area contributed by atoms with Gasteiger partial charge in [0.15, 0.2) is 0 Å². The third-order valence-electron chi connectivity index (χ3n) is 3.67. The molecule has 2 rings (SSSR count). The Morgan fingerprint density at radius 1 is 1.40 bits per heavy atom. The van der Waals surface area contributed by atoms with Gasteiger partial charge in [0.2, 0.25) is 5.91 Å². The highest BCUT2D eigenvalue weighted by Gasteiger charge is 2.41. The van der Waals surface area contributed by atoms with E-state index < -0.39 is 17.4 Å². The van der Waals surface area contributed by atoms with Gasteiger partial charge in [0.25, 0.3) is 0 Å². The minimum absolute atomic E-state index is 0.00331. The number of hydrogen-bond donors (Lipinski definition) is 1. The second-order valence-corrected chi connectivity index (χ2v) is 6.63. The third-order valence-corrected chi connectivity index (χ3v) is 3.96. The molecule has 5 heteroatoms. The van der Waals surface area contributed by atoms with E-state index in [4.69, 9.17) is 17.3 Å². The zero-order valence-electron chi connectivity index (χ0n) is 12.0. The van der Waals surface area contributed by atoms with E-state index in [1.54, 1.807) is 17.0 Å². The van der Waals surface area contributed by atoms with Crippen LogP contribution in [0.3, 0.4) is 0 Å². The number of hydrogen-bond acceptors (Lipinski definition) is 2. The van der Waals surface area contributed by atoms with Crippen molar-refractivity contribution in [1.82, 2.24) is 4.90 Å². The highest BCUT2D eigenvalue weighted by atomic mass is 35.5. The van der Waals surface area contributed by atoms with E-state index in [0.717, 1.165) is 0 Å². The molecule has 1 aliphatic heterocycles. The molecule has 0 radical (unpaired) electrons. The maximum Gasteiger partial charge on any atom is 0.223 e. The molecule has 0 spiro atoms. The predicted molar refractivity (Wildman–Crippen MR) is 78.0 cm³/mol. The fourth-order valence-electron chi connectivity index (χ4n) is 2.83. The lowest BCUT2D eigenvalue weighted by atomic mass is 9.86. The van der Waals surface area contributed by atoms with Crippen LogP contribution in [0.1, 0.15) is 45.2 Å². The Bertz CT molecular complexity index is 527. The summed E-state index contributed by atoms with van der Waals surface area (Å²) in [5.74, 6) is -0.484. The molecule has 20 heavy (non-hydrogen) atoms. The first kappa shape index (κ1) is 15.3. The van der Waals surface area contributed by atoms with Crippen LogP contribution in [-0.4, -0.2) is 22.4 Å². The number of amides is 1. The lowest BCUT2D eigenvalue weighted by Gasteiger charge is -2.47. The normalized spacial score (nSPS) is 24.1. The SMILES string of the molecule is CC(C)(C)N1C(=O)CCC(N)C1c1cccc(Cl)c1F. The number of carbonyl (C=O) groups excluding carboxylic acids is 1. The molecule has 110 valence electrons. The van der Waals surface area contributed by atoms with Crippen molar-refractivity contribution in [2.75, 3.05) is 0 Å². The number of likely N-dealkylation sites (tertiary alicyclic amines) is 1. The van der Waals surface area contributed by atoms with Crippen molar-refractivity contribution in [3.05, 3.63) is 34.6 Å². The van der Waals surface area contributed by atoms with E-state index in [-0.39, 0.29) is 17.0 Å². The van der Waals surface area contributed by atoms with Gasteiger partial charge in [-0.25, -0.2) is 4.39 Å². The Morgan fingerprint density at radius 3 is 2.65 bits per heavy atom. The van der Waals surface area contributed by atoms with Gasteiger partial charge in [0.05, 0.1) is 11.1 Å². The summed E-state index contributed by atoms with van der Waals surface area (Å²) in [5, 5.41) is 0.0570. The molecular weight excluding hydrogens is 279 g/mol. The number of nitrogens with zero attached hydrogens (tertiary/aromatic N) is 1. The van der Waals surface area contributed by atoms with Crippen LogP contribution in [0, 0.1) is 5.82 Å². The molecular formula is C15H20ClFN2O. The zero-order valence-corrected chi connectivity index (χ0v) is 12.7. The van der Waals surface area contributed by atoms with Gasteiger partial charge in [-0.1, -0.05) is 23.7 Å². The van der Waals surface area contributed by atoms with Crippen molar-refractivity contribution in [3.8, 4) is 0 Å². The van der Waals surface area contributed by atoms with Crippen LogP contribution in [-0.2, 0) is 4.79 Å². The largest absolute Gasteiger partial charge is 0.329 e. The average molecular weight is 299 g/mol. The number of benzene rings is 1. The van der Waals surface area contributed by atoms with Gasteiger partial charge < -0.3 is 10.6 Å². The van der Waals surface area contributed by atoms with E-state index in [9.17, 15) is 9.18 Å². The third kappa shape index (κ3) is 2.67. The predicted octanol–water partition coefficient (Wildman–Crippen LogP) is 3.27. The molecule has 0 aliphatic carbocycles. The summed E-state index contributed by atoms with van der Waals surface area (Å²) >= 11 is 5.86. The van der Waals surface area contributed by atoms with E-state index in [0.29, 0.717) is 18.4 Å². The Labute approximate surface area is 123 Å². The van der Waals surface area contributed by atoms with Crippen molar-refractivity contribution in [3.63, 3.8) is 0 Å². The molecule has 3 nitrogen and oxygen atoms in total. The maximum absolute atomic E-state index is 14.3. The van der Waals surface area contributed by atoms with E-state index in [1.165, 1.54) is 6.07 Å². The summed E-state index contributed by atoms with van der Waals surface area (Å²) in [5.41, 5.74) is 6.15. The van der Waals surface area contributed by atoms with E-state index in [2.05, 4.69) is 0 Å². The zero-order chi connectivity index (χ0) is 15.1. The Kier molecular flexibility index (Phi) is 4.07. The minimum Gasteiger partial charge on any atom is -0.329 e. The summed E-state index contributed by atoms with van der Waals surface area (Å²) in [4.78, 5) is 14.0. The highest BCUT2D eigenvalue weighted by Crippen LogP contribution is 2.38. The maximum atomic E-state index is 14.3. The van der Waals surface area contributed by atoms with Crippen molar-refractivity contribution < 1.29 is 9.18 Å². The van der Waals surface area contributed by atoms with Gasteiger partial charge in [0.1, 0.15) is 5.82 Å². The molecule has 2 unspecified atom stereocenters. The number of piperidine rings is 1. The topological polar surface area (TPSA) is 46.3 Å². The van der Waals surface area contributed by atoms with Crippen LogP contribution in [0.2, 0.25) is 5.02 Å². The molecule has 1 amide bonds. The van der Waals surface area contributed by atoms with E-state index >= 15 is 0 Å². The lowest BCUT2D eigenvalue weighted by Crippen LogP contribution is -2.56. The fourth-order valence-corrected chi connectivity index (χ4v) is 3.01. The first-order valence-corrected chi connectivity index (χ1v) is 7.13. The molecule has 1 aromatic carbocycles. The van der Waals surface area contributed by atoms with Crippen LogP contribution in [0.4, 0.5) is 4.39 Å². The van der Waals surface area contributed by atoms with Crippen LogP contribution in [0.15, 0.2) is 18.2 Å². The van der Waals surface area contributed by atoms with Gasteiger partial charge in [-0.3, -0.25) is 4.79 Å². The molecule has 2 N–H and O–H groups in total. The van der Waals surface area contributed by atoms with Crippen LogP contribution in [0.25, 0.3) is 0 Å². The smallest absolute Gasteiger partial charge is 0.223 e. The summed E-state index contributed by atoms with van der Waals surface area (Å²) in [6, 6.07) is 4.07. The summed E-state index contributed by atoms with van der Waals surface area (Å²) in [6.07, 6.45) is 0.957. The number of nitrogens with two attached hydrogens (primary N) is 1. The summed E-state index contributed by atoms with van der Waals surface area (Å²) in [7, 11) is 0. The summed E-state index contributed by atoms with van der Waals surface area (Å²) in [6.45, 7) is 5.79. The van der Waals surface area contributed by atoms with Gasteiger partial charge in [-0.05, 0) is 33.3 Å². The molecule has 2 atom stereocenters. The highest BCUT2D eigenvalue weighted by molar-refractivity contribution is 6.30. The Morgan fingerprint density at radius 2 is 2.05 bits per heavy atom. The van der Waals surface area contributed by atoms with Crippen LogP contribution in [0.5, 0.6) is 0 Å². The molecule has 0 aromatic heterocycles. The van der Waals surface area contributed by atoms with Crippen LogP contribution >= 0.6 is 11.6 Å². The van der Waals surface area contributed by atoms with Gasteiger partial charge in [-0.15, -0.1) is 0 Å². The number of halogens is 2. The standard InChI is InChI=1S/C15H20ClFN2O/c1-15(2,3)19-12(20)8-7-11(18)14(19)9-5-4-6-10(16)13(9)17/h4-6,11,14H,7-8,18H2,1-3H3. The van der Waals surface area contributed by atoms with Gasteiger partial charge in [0, 0.05) is 23.6 Å². The first-order valence-electron chi connectivity index (χ1n) is 6.75. The Hall–Kier alpha value is -1.13. The quantitative estimate of drug-likeness (QED) is 0.865. The summed E-state index contributed by atoms with van der Waals surface area (Å²) < 4.78 is 14.3. The fraction of sp³-hybridized carbons (Fsp3) is 0.533. The van der Waals surface area contributed by atoms with Crippen molar-refractivity contribution >= 4 is 17.5 Å². The van der Waals surface area contributed by atoms with Crippen molar-refractivity contribution in [2.45, 2.75) is 51.2 Å². The molecule has 1 fully saturated rings. The Balaban J connectivity index is 2.54. The van der Waals surface area contributed by atoms with Crippen LogP contribution < -0.4 is 5.73 Å². The molecule has 0 saturated carbocycles. The average Bonchev–Trinajstić information content (AvgIpc) is 2.34. The number of rotatable bonds is 1. The van der Waals surface area contributed by atoms with Gasteiger partial charge in [-0.2, -0.15) is 0 Å². The van der Waals surface area contributed by atoms with Crippen molar-refractivity contribution in [2.24, 2.45) is 5.73 Å². The van der Waals surface area contributed by atoms with E-state index in [1.807, 2.05) is 20.8 Å². The first-order chi connectivity index (χ1) is 9.23. The second-order valence-electron chi connectivity index (χ2n) is 6.22. The molecule has 1 aromatic rings. The molecule has 1 aliphatic rings. The second kappa shape index (κ2) is 5.34.